The van der Waals surface area contributed by atoms with E-state index in [2.05, 4.69) is 5.32 Å². The number of nitrogens with zero attached hydrogens (tertiary/aromatic N) is 2. The average Bonchev–Trinajstić information content (AvgIpc) is 3.06. The molecule has 0 spiro atoms. The number of carbonyl (C=O) groups excluding carboxylic acids is 3. The molecule has 9 nitrogen and oxygen atoms in total. The minimum absolute atomic E-state index is 0.0124. The van der Waals surface area contributed by atoms with E-state index in [1.165, 1.54) is 30.4 Å². The van der Waals surface area contributed by atoms with E-state index in [-0.39, 0.29) is 34.6 Å². The van der Waals surface area contributed by atoms with Crippen molar-refractivity contribution in [1.82, 2.24) is 10.2 Å². The van der Waals surface area contributed by atoms with E-state index in [1.807, 2.05) is 6.07 Å². The number of carbonyl (C=O) groups is 3. The lowest BCUT2D eigenvalue weighted by atomic mass is 10.2. The number of rotatable bonds is 8. The van der Waals surface area contributed by atoms with Crippen LogP contribution < -0.4 is 10.1 Å². The summed E-state index contributed by atoms with van der Waals surface area (Å²) in [5, 5.41) is 13.1. The Bertz CT molecular complexity index is 1180. The molecule has 170 valence electrons. The molecule has 0 unspecified atom stereocenters. The van der Waals surface area contributed by atoms with Crippen LogP contribution in [-0.2, 0) is 9.59 Å². The Morgan fingerprint density at radius 1 is 1.24 bits per heavy atom. The maximum Gasteiger partial charge on any atom is 0.293 e. The zero-order valence-corrected chi connectivity index (χ0v) is 18.9. The molecule has 1 aliphatic heterocycles. The summed E-state index contributed by atoms with van der Waals surface area (Å²) in [6.07, 6.45) is 4.35. The van der Waals surface area contributed by atoms with Crippen molar-refractivity contribution in [1.29, 1.82) is 0 Å². The number of hydrogen-bond acceptors (Lipinski definition) is 7. The van der Waals surface area contributed by atoms with E-state index < -0.39 is 16.1 Å². The molecule has 11 heteroatoms. The van der Waals surface area contributed by atoms with Crippen LogP contribution >= 0.6 is 23.4 Å². The highest BCUT2D eigenvalue weighted by Gasteiger charge is 2.34. The average molecular weight is 488 g/mol. The number of thioether (sulfide) groups is 1. The minimum Gasteiger partial charge on any atom is -0.497 e. The van der Waals surface area contributed by atoms with Gasteiger partial charge in [0.05, 0.1) is 16.9 Å². The van der Waals surface area contributed by atoms with Gasteiger partial charge in [-0.25, -0.2) is 0 Å². The number of benzene rings is 2. The first kappa shape index (κ1) is 24.0. The van der Waals surface area contributed by atoms with Crippen molar-refractivity contribution in [3.8, 4) is 5.75 Å². The van der Waals surface area contributed by atoms with Gasteiger partial charge in [-0.2, -0.15) is 0 Å². The summed E-state index contributed by atoms with van der Waals surface area (Å²) in [6.45, 7) is 0.0561. The Morgan fingerprint density at radius 2 is 2.03 bits per heavy atom. The molecule has 0 saturated carbocycles. The van der Waals surface area contributed by atoms with Gasteiger partial charge >= 0.3 is 0 Å². The number of methoxy groups -OCH3 is 1. The molecule has 1 saturated heterocycles. The zero-order chi connectivity index (χ0) is 24.0. The van der Waals surface area contributed by atoms with Crippen LogP contribution in [0.25, 0.3) is 12.2 Å². The fraction of sp³-hybridized carbons (Fsp3) is 0.136. The van der Waals surface area contributed by atoms with Crippen molar-refractivity contribution >= 4 is 58.3 Å². The molecule has 1 N–H and O–H groups in total. The number of nitro groups is 1. The lowest BCUT2D eigenvalue weighted by Gasteiger charge is -2.12. The molecule has 0 bridgehead atoms. The van der Waals surface area contributed by atoms with Crippen molar-refractivity contribution in [3.05, 3.63) is 79.7 Å². The van der Waals surface area contributed by atoms with Gasteiger partial charge in [0.15, 0.2) is 0 Å². The van der Waals surface area contributed by atoms with Crippen LogP contribution in [0.5, 0.6) is 5.75 Å². The SMILES string of the molecule is COc1cccc(/C=C/C(=O)NCCN2C(=O)S/C(=C\c3ccc(Cl)c([N+](=O)[O-])c3)C2=O)c1. The third-order valence-electron chi connectivity index (χ3n) is 4.49. The molecule has 3 rings (SSSR count). The van der Waals surface area contributed by atoms with Crippen LogP contribution in [0.1, 0.15) is 11.1 Å². The van der Waals surface area contributed by atoms with E-state index in [4.69, 9.17) is 16.3 Å². The molecule has 0 radical (unpaired) electrons. The van der Waals surface area contributed by atoms with E-state index in [9.17, 15) is 24.5 Å². The monoisotopic (exact) mass is 487 g/mol. The molecule has 1 heterocycles. The van der Waals surface area contributed by atoms with Gasteiger partial charge in [-0.05, 0) is 53.2 Å². The van der Waals surface area contributed by atoms with Gasteiger partial charge < -0.3 is 10.1 Å². The molecule has 33 heavy (non-hydrogen) atoms. The third-order valence-corrected chi connectivity index (χ3v) is 5.72. The number of hydrogen-bond donors (Lipinski definition) is 1. The molecule has 2 aromatic rings. The van der Waals surface area contributed by atoms with E-state index in [0.717, 1.165) is 22.2 Å². The first-order chi connectivity index (χ1) is 15.8. The molecule has 1 fully saturated rings. The minimum atomic E-state index is -0.628. The van der Waals surface area contributed by atoms with Crippen LogP contribution in [0.4, 0.5) is 10.5 Å². The lowest BCUT2D eigenvalue weighted by molar-refractivity contribution is -0.384. The quantitative estimate of drug-likeness (QED) is 0.338. The second-order valence-electron chi connectivity index (χ2n) is 6.70. The van der Waals surface area contributed by atoms with E-state index in [0.29, 0.717) is 11.3 Å². The van der Waals surface area contributed by atoms with E-state index >= 15 is 0 Å². The van der Waals surface area contributed by atoms with Gasteiger partial charge in [-0.3, -0.25) is 29.4 Å². The fourth-order valence-corrected chi connectivity index (χ4v) is 3.92. The second kappa shape index (κ2) is 10.8. The first-order valence-corrected chi connectivity index (χ1v) is 10.8. The molecule has 3 amide bonds. The number of imide groups is 1. The van der Waals surface area contributed by atoms with E-state index in [1.54, 1.807) is 31.4 Å². The molecular formula is C22H18ClN3O6S. The third kappa shape index (κ3) is 6.21. The van der Waals surface area contributed by atoms with Crippen molar-refractivity contribution in [3.63, 3.8) is 0 Å². The van der Waals surface area contributed by atoms with Crippen molar-refractivity contribution in [2.45, 2.75) is 0 Å². The molecule has 0 aromatic heterocycles. The van der Waals surface area contributed by atoms with Crippen LogP contribution in [0, 0.1) is 10.1 Å². The lowest BCUT2D eigenvalue weighted by Crippen LogP contribution is -2.36. The van der Waals surface area contributed by atoms with Crippen molar-refractivity contribution in [2.24, 2.45) is 0 Å². The van der Waals surface area contributed by atoms with Gasteiger partial charge in [0, 0.05) is 25.2 Å². The van der Waals surface area contributed by atoms with Gasteiger partial charge in [0.25, 0.3) is 16.8 Å². The Hall–Kier alpha value is -3.63. The number of halogens is 1. The Labute approximate surface area is 198 Å². The van der Waals surface area contributed by atoms with Crippen LogP contribution in [0.15, 0.2) is 53.4 Å². The van der Waals surface area contributed by atoms with Gasteiger partial charge in [0.1, 0.15) is 10.8 Å². The first-order valence-electron chi connectivity index (χ1n) is 9.58. The molecule has 1 aliphatic rings. The molecule has 0 atom stereocenters. The number of nitro benzene ring substituents is 1. The van der Waals surface area contributed by atoms with Gasteiger partial charge in [-0.1, -0.05) is 29.8 Å². The summed E-state index contributed by atoms with van der Waals surface area (Å²) in [5.74, 6) is -0.254. The van der Waals surface area contributed by atoms with Gasteiger partial charge in [-0.15, -0.1) is 0 Å². The Morgan fingerprint density at radius 3 is 2.76 bits per heavy atom. The van der Waals surface area contributed by atoms with Crippen LogP contribution in [0.2, 0.25) is 5.02 Å². The maximum atomic E-state index is 12.6. The van der Waals surface area contributed by atoms with Crippen LogP contribution in [-0.4, -0.2) is 47.1 Å². The number of nitrogens with one attached hydrogen (secondary N) is 1. The molecule has 0 aliphatic carbocycles. The summed E-state index contributed by atoms with van der Waals surface area (Å²) >= 11 is 6.52. The summed E-state index contributed by atoms with van der Waals surface area (Å²) in [6, 6.07) is 11.3. The van der Waals surface area contributed by atoms with Gasteiger partial charge in [0.2, 0.25) is 5.91 Å². The second-order valence-corrected chi connectivity index (χ2v) is 8.10. The maximum absolute atomic E-state index is 12.6. The zero-order valence-electron chi connectivity index (χ0n) is 17.3. The summed E-state index contributed by atoms with van der Waals surface area (Å²) in [5.41, 5.74) is 0.852. The van der Waals surface area contributed by atoms with Crippen LogP contribution in [0.3, 0.4) is 0 Å². The van der Waals surface area contributed by atoms with Crippen molar-refractivity contribution < 1.29 is 24.0 Å². The normalized spacial score (nSPS) is 14.8. The predicted octanol–water partition coefficient (Wildman–Crippen LogP) is 4.12. The highest BCUT2D eigenvalue weighted by Crippen LogP contribution is 2.33. The summed E-state index contributed by atoms with van der Waals surface area (Å²) in [4.78, 5) is 48.4. The summed E-state index contributed by atoms with van der Waals surface area (Å²) in [7, 11) is 1.55. The highest BCUT2D eigenvalue weighted by atomic mass is 35.5. The Balaban J connectivity index is 1.57. The standard InChI is InChI=1S/C22H18ClN3O6S/c1-32-16-4-2-3-14(11-16)6-8-20(27)24-9-10-25-21(28)19(33-22(25)29)13-15-5-7-17(23)18(12-15)26(30)31/h2-8,11-13H,9-10H2,1H3,(H,24,27)/b8-6+,19-13-. The largest absolute Gasteiger partial charge is 0.497 e. The number of ether oxygens (including phenoxy) is 1. The van der Waals surface area contributed by atoms with Crippen molar-refractivity contribution in [2.75, 3.05) is 20.2 Å². The topological polar surface area (TPSA) is 119 Å². The Kier molecular flexibility index (Phi) is 7.86. The smallest absolute Gasteiger partial charge is 0.293 e. The predicted molar refractivity (Wildman–Crippen MR) is 126 cm³/mol. The molecular weight excluding hydrogens is 470 g/mol. The molecule has 2 aromatic carbocycles. The summed E-state index contributed by atoms with van der Waals surface area (Å²) < 4.78 is 5.13. The number of amides is 3. The highest BCUT2D eigenvalue weighted by molar-refractivity contribution is 8.18. The fourth-order valence-electron chi connectivity index (χ4n) is 2.87.